The summed E-state index contributed by atoms with van der Waals surface area (Å²) in [4.78, 5) is 0.296. The smallest absolute Gasteiger partial charge is 0.238 e. The number of hydrogen-bond acceptors (Lipinski definition) is 2. The summed E-state index contributed by atoms with van der Waals surface area (Å²) in [6.45, 7) is 10.5. The third-order valence-electron chi connectivity index (χ3n) is 5.04. The molecule has 0 aliphatic heterocycles. The molecule has 3 nitrogen and oxygen atoms in total. The summed E-state index contributed by atoms with van der Waals surface area (Å²) < 4.78 is 1.73. The minimum atomic E-state index is -0.312. The van der Waals surface area contributed by atoms with E-state index < -0.39 is 0 Å². The molecule has 0 spiro atoms. The topological polar surface area (TPSA) is 39.0 Å². The Morgan fingerprint density at radius 2 is 1.53 bits per heavy atom. The Balaban J connectivity index is 2.14. The third-order valence-corrected chi connectivity index (χ3v) is 5.90. The SMILES string of the molecule is Cc1cc(C)cc(NC(=S)C(=C([O-])c2cc(Cl)ccc2Cl)[n+]2ccc(C(C)(C)C)cc2)c1. The summed E-state index contributed by atoms with van der Waals surface area (Å²) in [5.74, 6) is -0.312. The highest BCUT2D eigenvalue weighted by Gasteiger charge is 2.22. The van der Waals surface area contributed by atoms with Gasteiger partial charge in [0.25, 0.3) is 0 Å². The average Bonchev–Trinajstić information content (AvgIpc) is 2.68. The van der Waals surface area contributed by atoms with E-state index in [1.165, 1.54) is 0 Å². The molecule has 0 unspecified atom stereocenters. The van der Waals surface area contributed by atoms with Crippen LogP contribution in [0.1, 0.15) is 43.0 Å². The standard InChI is InChI=1S/C26H26Cl2N2OS/c1-16-12-17(2)14-20(13-16)29-25(32)23(24(31)21-15-19(27)6-7-22(21)28)30-10-8-18(9-11-30)26(3,4)5/h6-15H,1-5H3,(H-,29,31,32). The molecule has 0 amide bonds. The van der Waals surface area contributed by atoms with Gasteiger partial charge in [-0.15, -0.1) is 0 Å². The lowest BCUT2D eigenvalue weighted by Gasteiger charge is -2.20. The molecule has 1 heterocycles. The molecule has 2 aromatic carbocycles. The van der Waals surface area contributed by atoms with E-state index in [4.69, 9.17) is 35.4 Å². The zero-order valence-corrected chi connectivity index (χ0v) is 21.1. The number of hydrogen-bond donors (Lipinski definition) is 1. The molecule has 0 saturated carbocycles. The lowest BCUT2D eigenvalue weighted by atomic mass is 9.88. The van der Waals surface area contributed by atoms with Crippen LogP contribution in [-0.2, 0) is 5.41 Å². The lowest BCUT2D eigenvalue weighted by molar-refractivity contribution is -0.577. The van der Waals surface area contributed by atoms with E-state index in [1.807, 2.05) is 50.5 Å². The van der Waals surface area contributed by atoms with Crippen molar-refractivity contribution in [3.63, 3.8) is 0 Å². The molecule has 0 atom stereocenters. The van der Waals surface area contributed by atoms with Crippen LogP contribution in [0.15, 0.2) is 60.9 Å². The Morgan fingerprint density at radius 3 is 2.09 bits per heavy atom. The van der Waals surface area contributed by atoms with E-state index in [2.05, 4.69) is 32.2 Å². The fourth-order valence-corrected chi connectivity index (χ4v) is 4.14. The van der Waals surface area contributed by atoms with Crippen LogP contribution in [-0.4, -0.2) is 4.99 Å². The predicted octanol–water partition coefficient (Wildman–Crippen LogP) is 6.32. The maximum atomic E-state index is 13.6. The molecule has 3 rings (SSSR count). The Hall–Kier alpha value is -2.40. The van der Waals surface area contributed by atoms with Crippen LogP contribution in [0.2, 0.25) is 10.0 Å². The second kappa shape index (κ2) is 9.62. The summed E-state index contributed by atoms with van der Waals surface area (Å²) in [5, 5.41) is 17.6. The van der Waals surface area contributed by atoms with Gasteiger partial charge in [0.2, 0.25) is 5.70 Å². The van der Waals surface area contributed by atoms with Crippen molar-refractivity contribution in [1.82, 2.24) is 0 Å². The van der Waals surface area contributed by atoms with Gasteiger partial charge in [-0.2, -0.15) is 4.57 Å². The van der Waals surface area contributed by atoms with Crippen LogP contribution in [0.4, 0.5) is 5.69 Å². The lowest BCUT2D eigenvalue weighted by Crippen LogP contribution is -2.40. The number of halogens is 2. The minimum absolute atomic E-state index is 0.0165. The van der Waals surface area contributed by atoms with Gasteiger partial charge in [0.05, 0.1) is 0 Å². The normalized spacial score (nSPS) is 12.3. The average molecular weight is 485 g/mol. The van der Waals surface area contributed by atoms with E-state index in [1.54, 1.807) is 22.8 Å². The molecule has 0 radical (unpaired) electrons. The van der Waals surface area contributed by atoms with Gasteiger partial charge in [0.15, 0.2) is 17.4 Å². The number of thiocarbonyl (C=S) groups is 1. The number of aromatic nitrogens is 1. The number of pyridine rings is 1. The summed E-state index contributed by atoms with van der Waals surface area (Å²) in [7, 11) is 0. The van der Waals surface area contributed by atoms with Crippen LogP contribution in [0.3, 0.4) is 0 Å². The molecular formula is C26H26Cl2N2OS. The number of rotatable bonds is 4. The highest BCUT2D eigenvalue weighted by molar-refractivity contribution is 7.81. The fraction of sp³-hybridized carbons (Fsp3) is 0.231. The zero-order valence-electron chi connectivity index (χ0n) is 18.8. The number of anilines is 1. The molecule has 6 heteroatoms. The van der Waals surface area contributed by atoms with Crippen molar-refractivity contribution in [2.45, 2.75) is 40.0 Å². The van der Waals surface area contributed by atoms with Gasteiger partial charge in [-0.05, 0) is 77.6 Å². The van der Waals surface area contributed by atoms with Crippen molar-refractivity contribution in [3.05, 3.63) is 93.2 Å². The number of aryl methyl sites for hydroxylation is 2. The predicted molar refractivity (Wildman–Crippen MR) is 137 cm³/mol. The third kappa shape index (κ3) is 5.69. The number of benzene rings is 2. The first-order chi connectivity index (χ1) is 15.0. The van der Waals surface area contributed by atoms with Crippen LogP contribution < -0.4 is 15.0 Å². The van der Waals surface area contributed by atoms with Crippen molar-refractivity contribution in [2.24, 2.45) is 0 Å². The summed E-state index contributed by atoms with van der Waals surface area (Å²) in [5.41, 5.74) is 4.75. The molecule has 1 N–H and O–H groups in total. The van der Waals surface area contributed by atoms with E-state index >= 15 is 0 Å². The molecule has 32 heavy (non-hydrogen) atoms. The van der Waals surface area contributed by atoms with Gasteiger partial charge < -0.3 is 10.4 Å². The molecule has 0 fully saturated rings. The first-order valence-electron chi connectivity index (χ1n) is 10.2. The number of nitrogens with zero attached hydrogens (tertiary/aromatic N) is 1. The summed E-state index contributed by atoms with van der Waals surface area (Å²) in [6, 6.07) is 14.9. The van der Waals surface area contributed by atoms with E-state index in [0.717, 1.165) is 22.4 Å². The maximum absolute atomic E-state index is 13.6. The zero-order chi connectivity index (χ0) is 23.6. The van der Waals surface area contributed by atoms with Crippen molar-refractivity contribution in [1.29, 1.82) is 0 Å². The Morgan fingerprint density at radius 1 is 0.938 bits per heavy atom. The van der Waals surface area contributed by atoms with Crippen LogP contribution in [0, 0.1) is 13.8 Å². The number of nitrogens with one attached hydrogen (secondary N) is 1. The molecule has 0 aliphatic carbocycles. The second-order valence-electron chi connectivity index (χ2n) is 8.88. The molecule has 166 valence electrons. The van der Waals surface area contributed by atoms with Gasteiger partial charge in [-0.3, -0.25) is 0 Å². The van der Waals surface area contributed by atoms with Gasteiger partial charge in [0, 0.05) is 27.9 Å². The Bertz CT molecular complexity index is 1180. The van der Waals surface area contributed by atoms with Crippen LogP contribution >= 0.6 is 35.4 Å². The van der Waals surface area contributed by atoms with Crippen LogP contribution in [0.5, 0.6) is 0 Å². The van der Waals surface area contributed by atoms with Gasteiger partial charge in [-0.25, -0.2) is 0 Å². The van der Waals surface area contributed by atoms with E-state index in [0.29, 0.717) is 26.3 Å². The Kier molecular flexibility index (Phi) is 7.29. The molecule has 0 bridgehead atoms. The van der Waals surface area contributed by atoms with E-state index in [9.17, 15) is 5.11 Å². The van der Waals surface area contributed by atoms with Gasteiger partial charge in [0.1, 0.15) is 0 Å². The Labute approximate surface area is 205 Å². The van der Waals surface area contributed by atoms with Gasteiger partial charge in [-0.1, -0.05) is 62.3 Å². The maximum Gasteiger partial charge on any atom is 0.238 e. The highest BCUT2D eigenvalue weighted by Crippen LogP contribution is 2.28. The molecule has 0 saturated heterocycles. The van der Waals surface area contributed by atoms with Crippen molar-refractivity contribution in [3.8, 4) is 0 Å². The monoisotopic (exact) mass is 484 g/mol. The first kappa shape index (κ1) is 24.2. The summed E-state index contributed by atoms with van der Waals surface area (Å²) in [6.07, 6.45) is 3.70. The molecule has 0 aliphatic rings. The molecular weight excluding hydrogens is 459 g/mol. The highest BCUT2D eigenvalue weighted by atomic mass is 35.5. The summed E-state index contributed by atoms with van der Waals surface area (Å²) >= 11 is 18.2. The van der Waals surface area contributed by atoms with Gasteiger partial charge >= 0.3 is 0 Å². The van der Waals surface area contributed by atoms with Crippen molar-refractivity contribution >= 4 is 57.6 Å². The fourth-order valence-electron chi connectivity index (χ4n) is 3.45. The quantitative estimate of drug-likeness (QED) is 0.203. The molecule has 1 aromatic heterocycles. The van der Waals surface area contributed by atoms with Crippen molar-refractivity contribution < 1.29 is 9.67 Å². The van der Waals surface area contributed by atoms with Crippen LogP contribution in [0.25, 0.3) is 11.5 Å². The second-order valence-corrected chi connectivity index (χ2v) is 10.1. The van der Waals surface area contributed by atoms with Crippen molar-refractivity contribution in [2.75, 3.05) is 5.32 Å². The minimum Gasteiger partial charge on any atom is -0.867 e. The molecule has 3 aromatic rings. The first-order valence-corrected chi connectivity index (χ1v) is 11.4. The van der Waals surface area contributed by atoms with E-state index in [-0.39, 0.29) is 11.2 Å². The largest absolute Gasteiger partial charge is 0.867 e.